The summed E-state index contributed by atoms with van der Waals surface area (Å²) in [6.45, 7) is 0. The van der Waals surface area contributed by atoms with Crippen molar-refractivity contribution < 1.29 is 4.39 Å². The topological polar surface area (TPSA) is 25.8 Å². The van der Waals surface area contributed by atoms with Crippen LogP contribution in [0.4, 0.5) is 4.39 Å². The molecule has 3 aromatic rings. The van der Waals surface area contributed by atoms with Gasteiger partial charge in [-0.05, 0) is 0 Å². The second-order valence-corrected chi connectivity index (χ2v) is 4.12. The fraction of sp³-hybridized carbons (Fsp3) is 0. The average Bonchev–Trinajstić information content (AvgIpc) is 2.49. The van der Waals surface area contributed by atoms with E-state index in [4.69, 9.17) is 0 Å². The Kier molecular flexibility index (Phi) is 3.02. The summed E-state index contributed by atoms with van der Waals surface area (Å²) in [5.41, 5.74) is 1.95. The molecular formula is C16H11FN2. The van der Waals surface area contributed by atoms with Crippen LogP contribution in [-0.4, -0.2) is 9.97 Å². The monoisotopic (exact) mass is 250 g/mol. The number of halogens is 1. The van der Waals surface area contributed by atoms with E-state index in [1.54, 1.807) is 0 Å². The fourth-order valence-electron chi connectivity index (χ4n) is 1.89. The first kappa shape index (κ1) is 11.5. The third kappa shape index (κ3) is 2.36. The first-order chi connectivity index (χ1) is 9.34. The number of rotatable bonds is 2. The van der Waals surface area contributed by atoms with Gasteiger partial charge in [-0.25, -0.2) is 14.4 Å². The summed E-state index contributed by atoms with van der Waals surface area (Å²) in [7, 11) is 0. The third-order valence-electron chi connectivity index (χ3n) is 2.82. The maximum Gasteiger partial charge on any atom is 0.167 e. The van der Waals surface area contributed by atoms with E-state index in [1.807, 2.05) is 60.7 Å². The third-order valence-corrected chi connectivity index (χ3v) is 2.82. The molecule has 0 saturated heterocycles. The van der Waals surface area contributed by atoms with Crippen LogP contribution in [0.1, 0.15) is 0 Å². The molecule has 0 aliphatic heterocycles. The molecule has 2 aromatic carbocycles. The number of benzene rings is 2. The molecule has 3 heteroatoms. The summed E-state index contributed by atoms with van der Waals surface area (Å²) < 4.78 is 13.8. The van der Waals surface area contributed by atoms with Gasteiger partial charge in [0.1, 0.15) is 5.69 Å². The molecule has 0 radical (unpaired) electrons. The first-order valence-corrected chi connectivity index (χ1v) is 5.98. The molecule has 0 N–H and O–H groups in total. The minimum Gasteiger partial charge on any atom is -0.233 e. The van der Waals surface area contributed by atoms with Crippen molar-refractivity contribution in [3.8, 4) is 22.6 Å². The van der Waals surface area contributed by atoms with Crippen LogP contribution in [0.15, 0.2) is 66.9 Å². The van der Waals surface area contributed by atoms with E-state index < -0.39 is 5.82 Å². The second kappa shape index (κ2) is 4.98. The molecule has 0 aliphatic carbocycles. The normalized spacial score (nSPS) is 10.4. The van der Waals surface area contributed by atoms with E-state index in [0.29, 0.717) is 11.5 Å². The highest BCUT2D eigenvalue weighted by Crippen LogP contribution is 2.23. The summed E-state index contributed by atoms with van der Waals surface area (Å²) in [4.78, 5) is 8.38. The van der Waals surface area contributed by atoms with Crippen molar-refractivity contribution in [1.29, 1.82) is 0 Å². The van der Waals surface area contributed by atoms with Gasteiger partial charge in [0.05, 0.1) is 6.20 Å². The van der Waals surface area contributed by atoms with Crippen molar-refractivity contribution in [2.45, 2.75) is 0 Å². The molecule has 0 bridgehead atoms. The number of aromatic nitrogens is 2. The summed E-state index contributed by atoms with van der Waals surface area (Å²) in [6, 6.07) is 18.8. The largest absolute Gasteiger partial charge is 0.233 e. The number of hydrogen-bond acceptors (Lipinski definition) is 2. The summed E-state index contributed by atoms with van der Waals surface area (Å²) in [5.74, 6) is 0.117. The second-order valence-electron chi connectivity index (χ2n) is 4.12. The van der Waals surface area contributed by atoms with Crippen molar-refractivity contribution in [1.82, 2.24) is 9.97 Å². The van der Waals surface area contributed by atoms with Crippen LogP contribution in [0.5, 0.6) is 0 Å². The lowest BCUT2D eigenvalue weighted by Gasteiger charge is -2.05. The minimum atomic E-state index is -0.411. The zero-order chi connectivity index (χ0) is 13.1. The van der Waals surface area contributed by atoms with Crippen molar-refractivity contribution in [3.63, 3.8) is 0 Å². The molecule has 2 nitrogen and oxygen atoms in total. The van der Waals surface area contributed by atoms with Gasteiger partial charge < -0.3 is 0 Å². The highest BCUT2D eigenvalue weighted by atomic mass is 19.1. The number of nitrogens with zero attached hydrogens (tertiary/aromatic N) is 2. The Morgan fingerprint density at radius 2 is 1.32 bits per heavy atom. The molecule has 0 unspecified atom stereocenters. The standard InChI is InChI=1S/C16H11FN2/c17-14-11-18-16(13-9-5-2-6-10-13)19-15(14)12-7-3-1-4-8-12/h1-11H. The average molecular weight is 250 g/mol. The van der Waals surface area contributed by atoms with Crippen LogP contribution in [0.2, 0.25) is 0 Å². The summed E-state index contributed by atoms with van der Waals surface area (Å²) in [6.07, 6.45) is 1.22. The quantitative estimate of drug-likeness (QED) is 0.688. The van der Waals surface area contributed by atoms with Crippen molar-refractivity contribution >= 4 is 0 Å². The minimum absolute atomic E-state index is 0.328. The van der Waals surface area contributed by atoms with Gasteiger partial charge in [-0.1, -0.05) is 60.7 Å². The van der Waals surface area contributed by atoms with Crippen LogP contribution in [0, 0.1) is 5.82 Å². The van der Waals surface area contributed by atoms with Gasteiger partial charge in [-0.15, -0.1) is 0 Å². The van der Waals surface area contributed by atoms with E-state index in [9.17, 15) is 4.39 Å². The molecule has 0 atom stereocenters. The fourth-order valence-corrected chi connectivity index (χ4v) is 1.89. The lowest BCUT2D eigenvalue weighted by atomic mass is 10.1. The van der Waals surface area contributed by atoms with Crippen LogP contribution in [0.3, 0.4) is 0 Å². The summed E-state index contributed by atoms with van der Waals surface area (Å²) in [5, 5.41) is 0. The maximum absolute atomic E-state index is 13.8. The Morgan fingerprint density at radius 3 is 1.95 bits per heavy atom. The molecule has 3 rings (SSSR count). The van der Waals surface area contributed by atoms with Crippen LogP contribution in [0.25, 0.3) is 22.6 Å². The zero-order valence-corrected chi connectivity index (χ0v) is 10.1. The van der Waals surface area contributed by atoms with Gasteiger partial charge in [0, 0.05) is 11.1 Å². The van der Waals surface area contributed by atoms with Crippen molar-refractivity contribution in [3.05, 3.63) is 72.7 Å². The lowest BCUT2D eigenvalue weighted by molar-refractivity contribution is 0.619. The molecule has 1 heterocycles. The van der Waals surface area contributed by atoms with Crippen LogP contribution < -0.4 is 0 Å². The molecule has 92 valence electrons. The molecule has 0 fully saturated rings. The molecule has 19 heavy (non-hydrogen) atoms. The van der Waals surface area contributed by atoms with Gasteiger partial charge in [0.2, 0.25) is 0 Å². The van der Waals surface area contributed by atoms with E-state index in [2.05, 4.69) is 9.97 Å². The number of hydrogen-bond donors (Lipinski definition) is 0. The van der Waals surface area contributed by atoms with E-state index in [-0.39, 0.29) is 0 Å². The highest BCUT2D eigenvalue weighted by Gasteiger charge is 2.09. The van der Waals surface area contributed by atoms with Gasteiger partial charge in [0.25, 0.3) is 0 Å². The van der Waals surface area contributed by atoms with E-state index in [1.165, 1.54) is 6.20 Å². The molecule has 1 aromatic heterocycles. The van der Waals surface area contributed by atoms with Crippen LogP contribution in [-0.2, 0) is 0 Å². The smallest absolute Gasteiger partial charge is 0.167 e. The molecular weight excluding hydrogens is 239 g/mol. The Hall–Kier alpha value is -2.55. The van der Waals surface area contributed by atoms with Gasteiger partial charge >= 0.3 is 0 Å². The molecule has 0 spiro atoms. The lowest BCUT2D eigenvalue weighted by Crippen LogP contribution is -1.95. The zero-order valence-electron chi connectivity index (χ0n) is 10.1. The van der Waals surface area contributed by atoms with Crippen molar-refractivity contribution in [2.24, 2.45) is 0 Å². The SMILES string of the molecule is Fc1cnc(-c2ccccc2)nc1-c1ccccc1. The summed E-state index contributed by atoms with van der Waals surface area (Å²) >= 11 is 0. The van der Waals surface area contributed by atoms with E-state index >= 15 is 0 Å². The van der Waals surface area contributed by atoms with Gasteiger partial charge in [-0.3, -0.25) is 0 Å². The Labute approximate surface area is 110 Å². The Morgan fingerprint density at radius 1 is 0.737 bits per heavy atom. The highest BCUT2D eigenvalue weighted by molar-refractivity contribution is 5.63. The van der Waals surface area contributed by atoms with Crippen molar-refractivity contribution in [2.75, 3.05) is 0 Å². The Balaban J connectivity index is 2.12. The van der Waals surface area contributed by atoms with E-state index in [0.717, 1.165) is 11.1 Å². The Bertz CT molecular complexity index is 682. The molecule has 0 amide bonds. The van der Waals surface area contributed by atoms with Gasteiger partial charge in [-0.2, -0.15) is 0 Å². The first-order valence-electron chi connectivity index (χ1n) is 5.98. The van der Waals surface area contributed by atoms with Crippen LogP contribution >= 0.6 is 0 Å². The molecule has 0 aliphatic rings. The van der Waals surface area contributed by atoms with Gasteiger partial charge in [0.15, 0.2) is 11.6 Å². The predicted molar refractivity (Wildman–Crippen MR) is 72.9 cm³/mol. The predicted octanol–water partition coefficient (Wildman–Crippen LogP) is 3.95. The maximum atomic E-state index is 13.8. The molecule has 0 saturated carbocycles.